The lowest BCUT2D eigenvalue weighted by Crippen LogP contribution is -2.10. The molecule has 2 aromatic heterocycles. The molecule has 6 aromatic carbocycles. The van der Waals surface area contributed by atoms with Gasteiger partial charge in [0.2, 0.25) is 0 Å². The van der Waals surface area contributed by atoms with E-state index in [2.05, 4.69) is 167 Å². The highest BCUT2D eigenvalue weighted by Crippen LogP contribution is 2.42. The number of anilines is 3. The second-order valence-corrected chi connectivity index (χ2v) is 11.7. The van der Waals surface area contributed by atoms with E-state index >= 15 is 0 Å². The number of hydrogen-bond donors (Lipinski definition) is 0. The van der Waals surface area contributed by atoms with Gasteiger partial charge in [-0.15, -0.1) is 0 Å². The van der Waals surface area contributed by atoms with Crippen LogP contribution in [0.5, 0.6) is 0 Å². The number of aromatic nitrogens is 1. The van der Waals surface area contributed by atoms with Crippen molar-refractivity contribution in [3.05, 3.63) is 163 Å². The molecule has 0 radical (unpaired) electrons. The number of benzene rings is 6. The van der Waals surface area contributed by atoms with Crippen molar-refractivity contribution in [2.75, 3.05) is 4.90 Å². The lowest BCUT2D eigenvalue weighted by molar-refractivity contribution is 0.546. The van der Waals surface area contributed by atoms with Crippen LogP contribution in [0, 0.1) is 0 Å². The van der Waals surface area contributed by atoms with Crippen molar-refractivity contribution < 1.29 is 4.42 Å². The van der Waals surface area contributed by atoms with Crippen molar-refractivity contribution in [1.82, 2.24) is 4.57 Å². The number of para-hydroxylation sites is 2. The van der Waals surface area contributed by atoms with Gasteiger partial charge in [0, 0.05) is 57.0 Å². The Morgan fingerprint density at radius 2 is 1.18 bits per heavy atom. The molecule has 45 heavy (non-hydrogen) atoms. The van der Waals surface area contributed by atoms with E-state index in [-0.39, 0.29) is 0 Å². The summed E-state index contributed by atoms with van der Waals surface area (Å²) in [7, 11) is 0. The average Bonchev–Trinajstić information content (AvgIpc) is 3.64. The Kier molecular flexibility index (Phi) is 5.95. The molecule has 1 aliphatic carbocycles. The average molecular weight is 579 g/mol. The lowest BCUT2D eigenvalue weighted by Gasteiger charge is -2.26. The van der Waals surface area contributed by atoms with E-state index in [4.69, 9.17) is 4.42 Å². The Labute approximate surface area is 261 Å². The van der Waals surface area contributed by atoms with Crippen LogP contribution in [0.2, 0.25) is 0 Å². The normalized spacial score (nSPS) is 12.6. The number of furan rings is 1. The summed E-state index contributed by atoms with van der Waals surface area (Å²) >= 11 is 0. The molecule has 3 nitrogen and oxygen atoms in total. The summed E-state index contributed by atoms with van der Waals surface area (Å²) in [5, 5.41) is 3.65. The third kappa shape index (κ3) is 4.28. The molecule has 0 saturated carbocycles. The highest BCUT2D eigenvalue weighted by molar-refractivity contribution is 6.10. The fourth-order valence-electron chi connectivity index (χ4n) is 6.91. The van der Waals surface area contributed by atoms with E-state index in [9.17, 15) is 0 Å². The Morgan fingerprint density at radius 3 is 2.00 bits per heavy atom. The minimum atomic E-state index is 0.925. The highest BCUT2D eigenvalue weighted by atomic mass is 16.3. The number of fused-ring (bicyclic) bond motifs is 6. The topological polar surface area (TPSA) is 21.3 Å². The van der Waals surface area contributed by atoms with Crippen LogP contribution in [0.15, 0.2) is 156 Å². The fourth-order valence-corrected chi connectivity index (χ4v) is 6.91. The van der Waals surface area contributed by atoms with Gasteiger partial charge in [-0.2, -0.15) is 0 Å². The summed E-state index contributed by atoms with van der Waals surface area (Å²) in [6, 6.07) is 52.2. The zero-order valence-corrected chi connectivity index (χ0v) is 24.7. The second-order valence-electron chi connectivity index (χ2n) is 11.7. The Morgan fingerprint density at radius 1 is 0.533 bits per heavy atom. The molecule has 0 N–H and O–H groups in total. The van der Waals surface area contributed by atoms with Gasteiger partial charge in [0.1, 0.15) is 11.3 Å². The van der Waals surface area contributed by atoms with Crippen molar-refractivity contribution in [2.24, 2.45) is 0 Å². The smallest absolute Gasteiger partial charge is 0.137 e. The van der Waals surface area contributed by atoms with Crippen LogP contribution < -0.4 is 4.90 Å². The first-order valence-electron chi connectivity index (χ1n) is 15.6. The van der Waals surface area contributed by atoms with Gasteiger partial charge < -0.3 is 13.9 Å². The largest absolute Gasteiger partial charge is 0.460 e. The van der Waals surface area contributed by atoms with E-state index < -0.39 is 0 Å². The minimum absolute atomic E-state index is 0.925. The summed E-state index contributed by atoms with van der Waals surface area (Å²) in [6.07, 6.45) is 6.42. The molecule has 3 heteroatoms. The van der Waals surface area contributed by atoms with Crippen LogP contribution in [0.4, 0.5) is 17.1 Å². The van der Waals surface area contributed by atoms with Gasteiger partial charge in [0.25, 0.3) is 0 Å². The highest BCUT2D eigenvalue weighted by Gasteiger charge is 2.20. The molecule has 0 saturated heterocycles. The molecule has 0 unspecified atom stereocenters. The van der Waals surface area contributed by atoms with Crippen LogP contribution >= 0.6 is 0 Å². The molecule has 2 heterocycles. The fraction of sp³-hybridized carbons (Fsp3) is 0.0476. The van der Waals surface area contributed by atoms with Crippen LogP contribution in [0.25, 0.3) is 55.7 Å². The van der Waals surface area contributed by atoms with Gasteiger partial charge in [-0.1, -0.05) is 97.1 Å². The molecule has 0 spiro atoms. The predicted octanol–water partition coefficient (Wildman–Crippen LogP) is 11.6. The van der Waals surface area contributed by atoms with Crippen LogP contribution in [0.1, 0.15) is 17.7 Å². The first-order valence-corrected chi connectivity index (χ1v) is 15.6. The first-order chi connectivity index (χ1) is 22.3. The number of aryl methyl sites for hydroxylation is 1. The molecule has 0 bridgehead atoms. The molecule has 1 aliphatic rings. The quantitative estimate of drug-likeness (QED) is 0.203. The summed E-state index contributed by atoms with van der Waals surface area (Å²) in [5.74, 6) is 1.08. The number of hydrogen-bond acceptors (Lipinski definition) is 2. The SMILES string of the molecule is C1=Cc2c(oc3cc(N(c4ccc(-c5ccccc5)cc4)c4ccc5c6ccccc6n(-c6ccccc6)c5c4)ccc23)CC1. The molecule has 0 atom stereocenters. The maximum atomic E-state index is 6.44. The van der Waals surface area contributed by atoms with Crippen molar-refractivity contribution in [1.29, 1.82) is 0 Å². The second kappa shape index (κ2) is 10.4. The maximum Gasteiger partial charge on any atom is 0.137 e. The first kappa shape index (κ1) is 25.7. The molecule has 0 aliphatic heterocycles. The minimum Gasteiger partial charge on any atom is -0.460 e. The van der Waals surface area contributed by atoms with Crippen molar-refractivity contribution >= 4 is 55.9 Å². The number of nitrogens with zero attached hydrogens (tertiary/aromatic N) is 2. The van der Waals surface area contributed by atoms with Crippen LogP contribution in [-0.4, -0.2) is 4.57 Å². The van der Waals surface area contributed by atoms with Crippen molar-refractivity contribution in [3.63, 3.8) is 0 Å². The maximum absolute atomic E-state index is 6.44. The molecular weight excluding hydrogens is 548 g/mol. The van der Waals surface area contributed by atoms with Gasteiger partial charge >= 0.3 is 0 Å². The predicted molar refractivity (Wildman–Crippen MR) is 188 cm³/mol. The Balaban J connectivity index is 1.26. The van der Waals surface area contributed by atoms with E-state index in [0.29, 0.717) is 0 Å². The summed E-state index contributed by atoms with van der Waals surface area (Å²) in [5.41, 5.74) is 11.3. The summed E-state index contributed by atoms with van der Waals surface area (Å²) in [6.45, 7) is 0. The van der Waals surface area contributed by atoms with E-state index in [1.165, 1.54) is 43.9 Å². The lowest BCUT2D eigenvalue weighted by atomic mass is 10.0. The number of rotatable bonds is 5. The van der Waals surface area contributed by atoms with E-state index in [1.807, 2.05) is 0 Å². The Hall–Kier alpha value is -5.80. The molecule has 8 aromatic rings. The molecule has 214 valence electrons. The number of allylic oxidation sites excluding steroid dienone is 1. The van der Waals surface area contributed by atoms with E-state index in [1.54, 1.807) is 0 Å². The summed E-state index contributed by atoms with van der Waals surface area (Å²) in [4.78, 5) is 2.35. The zero-order valence-electron chi connectivity index (χ0n) is 24.7. The van der Waals surface area contributed by atoms with Gasteiger partial charge in [0.15, 0.2) is 0 Å². The van der Waals surface area contributed by atoms with Crippen molar-refractivity contribution in [3.8, 4) is 16.8 Å². The molecule has 0 fully saturated rings. The van der Waals surface area contributed by atoms with Gasteiger partial charge in [-0.05, 0) is 72.1 Å². The van der Waals surface area contributed by atoms with E-state index in [0.717, 1.165) is 46.9 Å². The van der Waals surface area contributed by atoms with Crippen LogP contribution in [-0.2, 0) is 6.42 Å². The standard InChI is InChI=1S/C42H30N2O/c1-3-11-29(12-4-1)30-19-21-32(22-20-30)43(34-24-26-38-37-16-8-10-18-41(37)45-42(38)28-34)33-23-25-36-35-15-7-9-17-39(35)44(40(36)27-33)31-13-5-2-6-14-31/h1-9,11-17,19-28H,10,18H2. The van der Waals surface area contributed by atoms with Gasteiger partial charge in [-0.3, -0.25) is 0 Å². The van der Waals surface area contributed by atoms with Crippen LogP contribution in [0.3, 0.4) is 0 Å². The van der Waals surface area contributed by atoms with Gasteiger partial charge in [-0.25, -0.2) is 0 Å². The van der Waals surface area contributed by atoms with Crippen molar-refractivity contribution in [2.45, 2.75) is 12.8 Å². The molecule has 9 rings (SSSR count). The zero-order chi connectivity index (χ0) is 29.7. The Bertz CT molecular complexity index is 2360. The monoisotopic (exact) mass is 578 g/mol. The molecular formula is C42H30N2O. The third-order valence-corrected chi connectivity index (χ3v) is 9.03. The third-order valence-electron chi connectivity index (χ3n) is 9.03. The van der Waals surface area contributed by atoms with Gasteiger partial charge in [0.05, 0.1) is 11.0 Å². The summed E-state index contributed by atoms with van der Waals surface area (Å²) < 4.78 is 8.81. The molecule has 0 amide bonds.